The van der Waals surface area contributed by atoms with Gasteiger partial charge in [0.25, 0.3) is 5.91 Å². The quantitative estimate of drug-likeness (QED) is 0.673. The second-order valence-corrected chi connectivity index (χ2v) is 7.06. The van der Waals surface area contributed by atoms with Crippen LogP contribution >= 0.6 is 0 Å². The maximum absolute atomic E-state index is 13.1. The predicted molar refractivity (Wildman–Crippen MR) is 105 cm³/mol. The number of methoxy groups -OCH3 is 1. The van der Waals surface area contributed by atoms with Gasteiger partial charge in [-0.1, -0.05) is 41.1 Å². The molecule has 0 aliphatic carbocycles. The van der Waals surface area contributed by atoms with Crippen molar-refractivity contribution in [1.82, 2.24) is 15.0 Å². The lowest BCUT2D eigenvalue weighted by atomic mass is 10.0. The molecule has 144 valence electrons. The van der Waals surface area contributed by atoms with E-state index in [9.17, 15) is 4.79 Å². The number of aryl methyl sites for hydroxylation is 1. The van der Waals surface area contributed by atoms with Crippen molar-refractivity contribution in [3.63, 3.8) is 0 Å². The Morgan fingerprint density at radius 1 is 1.18 bits per heavy atom. The van der Waals surface area contributed by atoms with E-state index in [1.54, 1.807) is 13.2 Å². The monoisotopic (exact) mass is 377 g/mol. The normalized spacial score (nSPS) is 16.8. The van der Waals surface area contributed by atoms with Crippen LogP contribution in [0.25, 0.3) is 11.4 Å². The number of likely N-dealkylation sites (tertiary alicyclic amines) is 1. The molecule has 28 heavy (non-hydrogen) atoms. The minimum Gasteiger partial charge on any atom is -0.497 e. The maximum atomic E-state index is 13.1. The Labute approximate surface area is 164 Å². The highest BCUT2D eigenvalue weighted by Gasteiger charge is 2.33. The highest BCUT2D eigenvalue weighted by molar-refractivity contribution is 5.95. The first-order valence-corrected chi connectivity index (χ1v) is 9.51. The van der Waals surface area contributed by atoms with E-state index in [0.717, 1.165) is 24.8 Å². The van der Waals surface area contributed by atoms with Gasteiger partial charge in [0.2, 0.25) is 11.7 Å². The van der Waals surface area contributed by atoms with E-state index in [0.29, 0.717) is 29.6 Å². The molecule has 1 aliphatic rings. The van der Waals surface area contributed by atoms with Gasteiger partial charge in [-0.15, -0.1) is 0 Å². The van der Waals surface area contributed by atoms with E-state index in [-0.39, 0.29) is 11.9 Å². The Balaban J connectivity index is 1.60. The fourth-order valence-electron chi connectivity index (χ4n) is 3.54. The molecular formula is C22H23N3O3. The van der Waals surface area contributed by atoms with E-state index in [1.807, 2.05) is 54.3 Å². The highest BCUT2D eigenvalue weighted by atomic mass is 16.5. The van der Waals surface area contributed by atoms with Gasteiger partial charge < -0.3 is 14.2 Å². The number of amides is 1. The number of carbonyl (C=O) groups excluding carboxylic acids is 1. The summed E-state index contributed by atoms with van der Waals surface area (Å²) >= 11 is 0. The first-order chi connectivity index (χ1) is 13.7. The number of ether oxygens (including phenoxy) is 1. The van der Waals surface area contributed by atoms with E-state index >= 15 is 0 Å². The summed E-state index contributed by atoms with van der Waals surface area (Å²) in [5, 5.41) is 4.14. The molecule has 3 aromatic rings. The van der Waals surface area contributed by atoms with Crippen LogP contribution in [0.3, 0.4) is 0 Å². The summed E-state index contributed by atoms with van der Waals surface area (Å²) in [5.41, 5.74) is 2.68. The van der Waals surface area contributed by atoms with E-state index in [4.69, 9.17) is 9.26 Å². The summed E-state index contributed by atoms with van der Waals surface area (Å²) in [7, 11) is 1.60. The van der Waals surface area contributed by atoms with Crippen molar-refractivity contribution in [3.05, 3.63) is 65.5 Å². The van der Waals surface area contributed by atoms with Crippen LogP contribution in [-0.2, 0) is 0 Å². The summed E-state index contributed by atoms with van der Waals surface area (Å²) < 4.78 is 10.8. The molecule has 1 amide bonds. The smallest absolute Gasteiger partial charge is 0.254 e. The molecule has 1 atom stereocenters. The molecule has 0 bridgehead atoms. The predicted octanol–water partition coefficient (Wildman–Crippen LogP) is 4.42. The molecule has 1 saturated heterocycles. The maximum Gasteiger partial charge on any atom is 0.254 e. The van der Waals surface area contributed by atoms with E-state index < -0.39 is 0 Å². The average molecular weight is 377 g/mol. The van der Waals surface area contributed by atoms with Crippen molar-refractivity contribution >= 4 is 5.91 Å². The van der Waals surface area contributed by atoms with Crippen LogP contribution in [-0.4, -0.2) is 34.6 Å². The standard InChI is InChI=1S/C22H23N3O3/c1-15-9-11-16(12-10-15)20-23-21(28-24-20)19-8-3-4-13-25(19)22(26)17-6-5-7-18(14-17)27-2/h5-7,9-12,14,19H,3-4,8,13H2,1-2H3. The Morgan fingerprint density at radius 2 is 2.00 bits per heavy atom. The molecule has 4 rings (SSSR count). The summed E-state index contributed by atoms with van der Waals surface area (Å²) in [6.07, 6.45) is 2.80. The van der Waals surface area contributed by atoms with Crippen molar-refractivity contribution in [2.24, 2.45) is 0 Å². The molecule has 6 heteroatoms. The van der Waals surface area contributed by atoms with Crippen LogP contribution in [0.5, 0.6) is 5.75 Å². The first-order valence-electron chi connectivity index (χ1n) is 9.51. The average Bonchev–Trinajstić information content (AvgIpc) is 3.24. The van der Waals surface area contributed by atoms with Crippen molar-refractivity contribution < 1.29 is 14.1 Å². The summed E-state index contributed by atoms with van der Waals surface area (Å²) in [4.78, 5) is 19.6. The number of carbonyl (C=O) groups is 1. The molecule has 2 aromatic carbocycles. The second kappa shape index (κ2) is 7.84. The van der Waals surface area contributed by atoms with Gasteiger partial charge in [0.05, 0.1) is 7.11 Å². The Hall–Kier alpha value is -3.15. The minimum absolute atomic E-state index is 0.0429. The van der Waals surface area contributed by atoms with Crippen molar-refractivity contribution in [3.8, 4) is 17.1 Å². The zero-order valence-corrected chi connectivity index (χ0v) is 16.1. The van der Waals surface area contributed by atoms with E-state index in [1.165, 1.54) is 5.56 Å². The first kappa shape index (κ1) is 18.2. The number of rotatable bonds is 4. The minimum atomic E-state index is -0.209. The largest absolute Gasteiger partial charge is 0.497 e. The lowest BCUT2D eigenvalue weighted by molar-refractivity contribution is 0.0561. The fourth-order valence-corrected chi connectivity index (χ4v) is 3.54. The van der Waals surface area contributed by atoms with Crippen LogP contribution < -0.4 is 4.74 Å². The van der Waals surface area contributed by atoms with Gasteiger partial charge in [0.1, 0.15) is 11.8 Å². The fraction of sp³-hybridized carbons (Fsp3) is 0.318. The van der Waals surface area contributed by atoms with Gasteiger partial charge in [0.15, 0.2) is 0 Å². The number of aromatic nitrogens is 2. The molecule has 0 spiro atoms. The zero-order valence-electron chi connectivity index (χ0n) is 16.1. The summed E-state index contributed by atoms with van der Waals surface area (Å²) in [6, 6.07) is 15.0. The van der Waals surface area contributed by atoms with Gasteiger partial charge >= 0.3 is 0 Å². The lowest BCUT2D eigenvalue weighted by Gasteiger charge is -2.33. The third-order valence-corrected chi connectivity index (χ3v) is 5.12. The van der Waals surface area contributed by atoms with Gasteiger partial charge in [-0.05, 0) is 44.4 Å². The Bertz CT molecular complexity index is 965. The molecule has 0 radical (unpaired) electrons. The number of nitrogens with zero attached hydrogens (tertiary/aromatic N) is 3. The summed E-state index contributed by atoms with van der Waals surface area (Å²) in [5.74, 6) is 1.67. The molecule has 6 nitrogen and oxygen atoms in total. The second-order valence-electron chi connectivity index (χ2n) is 7.06. The molecule has 1 fully saturated rings. The number of hydrogen-bond acceptors (Lipinski definition) is 5. The van der Waals surface area contributed by atoms with Crippen molar-refractivity contribution in [1.29, 1.82) is 0 Å². The molecule has 1 unspecified atom stereocenters. The van der Waals surface area contributed by atoms with Gasteiger partial charge in [-0.3, -0.25) is 4.79 Å². The van der Waals surface area contributed by atoms with Crippen LogP contribution in [0, 0.1) is 6.92 Å². The molecule has 0 saturated carbocycles. The van der Waals surface area contributed by atoms with Crippen LogP contribution in [0.2, 0.25) is 0 Å². The Morgan fingerprint density at radius 3 is 2.79 bits per heavy atom. The highest BCUT2D eigenvalue weighted by Crippen LogP contribution is 2.32. The molecule has 0 N–H and O–H groups in total. The van der Waals surface area contributed by atoms with Gasteiger partial charge in [-0.2, -0.15) is 4.98 Å². The van der Waals surface area contributed by atoms with Crippen molar-refractivity contribution in [2.45, 2.75) is 32.2 Å². The molecule has 1 aromatic heterocycles. The molecule has 2 heterocycles. The third-order valence-electron chi connectivity index (χ3n) is 5.12. The van der Waals surface area contributed by atoms with Crippen molar-refractivity contribution in [2.75, 3.05) is 13.7 Å². The van der Waals surface area contributed by atoms with Crippen LogP contribution in [0.1, 0.15) is 47.1 Å². The zero-order chi connectivity index (χ0) is 19.5. The van der Waals surface area contributed by atoms with Gasteiger partial charge in [0, 0.05) is 17.7 Å². The van der Waals surface area contributed by atoms with E-state index in [2.05, 4.69) is 10.1 Å². The topological polar surface area (TPSA) is 68.5 Å². The SMILES string of the molecule is COc1cccc(C(=O)N2CCCCC2c2nc(-c3ccc(C)cc3)no2)c1. The molecular weight excluding hydrogens is 354 g/mol. The number of benzene rings is 2. The molecule has 1 aliphatic heterocycles. The lowest BCUT2D eigenvalue weighted by Crippen LogP contribution is -2.38. The summed E-state index contributed by atoms with van der Waals surface area (Å²) in [6.45, 7) is 2.71. The van der Waals surface area contributed by atoms with Crippen LogP contribution in [0.4, 0.5) is 0 Å². The third kappa shape index (κ3) is 3.63. The van der Waals surface area contributed by atoms with Crippen LogP contribution in [0.15, 0.2) is 53.1 Å². The number of piperidine rings is 1. The Kier molecular flexibility index (Phi) is 5.10. The number of hydrogen-bond donors (Lipinski definition) is 0. The van der Waals surface area contributed by atoms with Gasteiger partial charge in [-0.25, -0.2) is 0 Å².